The molecule has 1 amide bonds. The van der Waals surface area contributed by atoms with Gasteiger partial charge in [-0.05, 0) is 66.4 Å². The fourth-order valence-electron chi connectivity index (χ4n) is 6.69. The number of rotatable bonds is 6. The maximum Gasteiger partial charge on any atom is 0.258 e. The molecular weight excluding hydrogens is 533 g/mol. The highest BCUT2D eigenvalue weighted by molar-refractivity contribution is 6.11. The maximum absolute atomic E-state index is 14.8. The number of aromatic nitrogens is 5. The van der Waals surface area contributed by atoms with Crippen molar-refractivity contribution in [3.63, 3.8) is 0 Å². The second kappa shape index (κ2) is 9.28. The Morgan fingerprint density at radius 1 is 1.07 bits per heavy atom. The summed E-state index contributed by atoms with van der Waals surface area (Å²) >= 11 is 0. The number of carbonyl (C=O) groups excluding carboxylic acids is 1. The van der Waals surface area contributed by atoms with Gasteiger partial charge in [0.2, 0.25) is 0 Å². The SMILES string of the molecule is COc1ccc2[nH]c3c(c2c1)CCN[C@]31C(=O)N(Cc2cn(CCc3c[nH]c4ccccc34)nn2)c2ccc(F)cc21. The lowest BCUT2D eigenvalue weighted by Crippen LogP contribution is -2.55. The van der Waals surface area contributed by atoms with Crippen LogP contribution in [0, 0.1) is 5.82 Å². The number of hydrogen-bond donors (Lipinski definition) is 3. The lowest BCUT2D eigenvalue weighted by atomic mass is 9.82. The Morgan fingerprint density at radius 2 is 1.98 bits per heavy atom. The van der Waals surface area contributed by atoms with E-state index in [4.69, 9.17) is 4.74 Å². The van der Waals surface area contributed by atoms with Crippen LogP contribution in [0.1, 0.15) is 28.1 Å². The normalized spacial score (nSPS) is 17.9. The summed E-state index contributed by atoms with van der Waals surface area (Å²) < 4.78 is 22.0. The van der Waals surface area contributed by atoms with Gasteiger partial charge in [0.15, 0.2) is 5.54 Å². The van der Waals surface area contributed by atoms with E-state index in [-0.39, 0.29) is 12.5 Å². The second-order valence-corrected chi connectivity index (χ2v) is 11.0. The average Bonchev–Trinajstić information content (AvgIpc) is 3.78. The van der Waals surface area contributed by atoms with E-state index in [1.165, 1.54) is 23.1 Å². The predicted molar refractivity (Wildman–Crippen MR) is 157 cm³/mol. The molecule has 0 saturated carbocycles. The third-order valence-corrected chi connectivity index (χ3v) is 8.66. The smallest absolute Gasteiger partial charge is 0.258 e. The van der Waals surface area contributed by atoms with Crippen molar-refractivity contribution in [3.8, 4) is 5.75 Å². The van der Waals surface area contributed by atoms with Crippen molar-refractivity contribution in [2.75, 3.05) is 18.6 Å². The Hall–Kier alpha value is -4.96. The van der Waals surface area contributed by atoms with Crippen molar-refractivity contribution in [2.45, 2.75) is 31.5 Å². The average molecular weight is 562 g/mol. The molecule has 8 rings (SSSR count). The lowest BCUT2D eigenvalue weighted by molar-refractivity contribution is -0.123. The van der Waals surface area contributed by atoms with Gasteiger partial charge in [-0.15, -0.1) is 5.10 Å². The van der Waals surface area contributed by atoms with E-state index in [1.807, 2.05) is 42.7 Å². The minimum Gasteiger partial charge on any atom is -0.497 e. The number of benzene rings is 3. The molecule has 1 atom stereocenters. The summed E-state index contributed by atoms with van der Waals surface area (Å²) in [5, 5.41) is 14.4. The number of carbonyl (C=O) groups is 1. The largest absolute Gasteiger partial charge is 0.497 e. The van der Waals surface area contributed by atoms with Gasteiger partial charge in [0.05, 0.1) is 31.2 Å². The molecule has 1 spiro atoms. The van der Waals surface area contributed by atoms with Crippen molar-refractivity contribution in [3.05, 3.63) is 107 Å². The Kier molecular flexibility index (Phi) is 5.48. The van der Waals surface area contributed by atoms with Gasteiger partial charge >= 0.3 is 0 Å². The van der Waals surface area contributed by atoms with Crippen LogP contribution in [0.2, 0.25) is 0 Å². The summed E-state index contributed by atoms with van der Waals surface area (Å²) in [6, 6.07) is 18.6. The number of halogens is 1. The van der Waals surface area contributed by atoms with Crippen LogP contribution < -0.4 is 15.0 Å². The number of anilines is 1. The highest BCUT2D eigenvalue weighted by Crippen LogP contribution is 2.48. The van der Waals surface area contributed by atoms with Crippen molar-refractivity contribution >= 4 is 33.4 Å². The minimum absolute atomic E-state index is 0.170. The van der Waals surface area contributed by atoms with Crippen LogP contribution in [0.4, 0.5) is 10.1 Å². The molecule has 0 bridgehead atoms. The Morgan fingerprint density at radius 3 is 2.88 bits per heavy atom. The number of hydrogen-bond acceptors (Lipinski definition) is 5. The Labute approximate surface area is 240 Å². The fraction of sp³-hybridized carbons (Fsp3) is 0.219. The fourth-order valence-corrected chi connectivity index (χ4v) is 6.69. The third kappa shape index (κ3) is 3.61. The molecule has 10 heteroatoms. The molecule has 9 nitrogen and oxygen atoms in total. The predicted octanol–water partition coefficient (Wildman–Crippen LogP) is 4.57. The number of nitrogens with zero attached hydrogens (tertiary/aromatic N) is 4. The number of ether oxygens (including phenoxy) is 1. The quantitative estimate of drug-likeness (QED) is 0.277. The van der Waals surface area contributed by atoms with Crippen molar-refractivity contribution < 1.29 is 13.9 Å². The van der Waals surface area contributed by atoms with Gasteiger partial charge in [0.25, 0.3) is 5.91 Å². The first-order valence-electron chi connectivity index (χ1n) is 14.1. The standard InChI is InChI=1S/C32H28FN7O2/c1-42-22-7-8-28-25(15-22)24-10-12-35-32(30(24)36-28)26-14-20(33)6-9-29(26)40(31(32)41)18-21-17-39(38-37-21)13-11-19-16-34-27-5-3-2-4-23(19)27/h2-9,14-17,34-36H,10-13,18H2,1H3/t32-/m0/s1. The molecule has 0 saturated heterocycles. The Bertz CT molecular complexity index is 2010. The van der Waals surface area contributed by atoms with E-state index in [0.717, 1.165) is 46.3 Å². The number of aromatic amines is 2. The summed E-state index contributed by atoms with van der Waals surface area (Å²) in [5.74, 6) is 0.184. The van der Waals surface area contributed by atoms with Crippen LogP contribution in [-0.4, -0.2) is 44.5 Å². The third-order valence-electron chi connectivity index (χ3n) is 8.66. The summed E-state index contributed by atoms with van der Waals surface area (Å²) in [4.78, 5) is 23.0. The van der Waals surface area contributed by atoms with Crippen LogP contribution in [0.15, 0.2) is 73.1 Å². The molecule has 6 aromatic rings. The van der Waals surface area contributed by atoms with Gasteiger partial charge in [-0.1, -0.05) is 23.4 Å². The van der Waals surface area contributed by atoms with Crippen LogP contribution in [0.3, 0.4) is 0 Å². The number of H-pyrrole nitrogens is 2. The first-order valence-corrected chi connectivity index (χ1v) is 14.1. The van der Waals surface area contributed by atoms with Crippen LogP contribution in [-0.2, 0) is 36.3 Å². The summed E-state index contributed by atoms with van der Waals surface area (Å²) in [6.45, 7) is 1.44. The molecule has 0 fully saturated rings. The van der Waals surface area contributed by atoms with E-state index < -0.39 is 11.4 Å². The van der Waals surface area contributed by atoms with E-state index >= 15 is 0 Å². The molecule has 3 aromatic carbocycles. The van der Waals surface area contributed by atoms with Gasteiger partial charge in [0, 0.05) is 46.7 Å². The molecule has 5 heterocycles. The topological polar surface area (TPSA) is 104 Å². The number of methoxy groups -OCH3 is 1. The van der Waals surface area contributed by atoms with E-state index in [9.17, 15) is 9.18 Å². The molecule has 42 heavy (non-hydrogen) atoms. The minimum atomic E-state index is -1.23. The first-order chi connectivity index (χ1) is 20.5. The monoisotopic (exact) mass is 561 g/mol. The number of fused-ring (bicyclic) bond motifs is 7. The molecule has 210 valence electrons. The molecule has 3 N–H and O–H groups in total. The van der Waals surface area contributed by atoms with Crippen LogP contribution in [0.5, 0.6) is 5.75 Å². The van der Waals surface area contributed by atoms with Gasteiger partial charge in [0.1, 0.15) is 17.3 Å². The molecule has 2 aliphatic rings. The second-order valence-electron chi connectivity index (χ2n) is 11.0. The van der Waals surface area contributed by atoms with Crippen molar-refractivity contribution in [1.82, 2.24) is 30.3 Å². The lowest BCUT2D eigenvalue weighted by Gasteiger charge is -2.34. The highest BCUT2D eigenvalue weighted by atomic mass is 19.1. The number of para-hydroxylation sites is 1. The van der Waals surface area contributed by atoms with Gasteiger partial charge < -0.3 is 19.6 Å². The molecular formula is C32H28FN7O2. The van der Waals surface area contributed by atoms with Crippen molar-refractivity contribution in [1.29, 1.82) is 0 Å². The summed E-state index contributed by atoms with van der Waals surface area (Å²) in [5.41, 5.74) is 5.70. The number of nitrogens with one attached hydrogen (secondary N) is 3. The van der Waals surface area contributed by atoms with E-state index in [2.05, 4.69) is 37.7 Å². The van der Waals surface area contributed by atoms with Gasteiger partial charge in [-0.25, -0.2) is 4.39 Å². The maximum atomic E-state index is 14.8. The van der Waals surface area contributed by atoms with Gasteiger partial charge in [-0.2, -0.15) is 0 Å². The zero-order chi connectivity index (χ0) is 28.4. The number of aryl methyl sites for hydroxylation is 2. The Balaban J connectivity index is 1.12. The van der Waals surface area contributed by atoms with Crippen LogP contribution >= 0.6 is 0 Å². The highest BCUT2D eigenvalue weighted by Gasteiger charge is 2.55. The molecule has 0 unspecified atom stereocenters. The van der Waals surface area contributed by atoms with Crippen molar-refractivity contribution in [2.24, 2.45) is 0 Å². The number of amides is 1. The summed E-state index contributed by atoms with van der Waals surface area (Å²) in [7, 11) is 1.64. The molecule has 0 aliphatic carbocycles. The van der Waals surface area contributed by atoms with E-state index in [1.54, 1.807) is 22.8 Å². The zero-order valence-electron chi connectivity index (χ0n) is 22.9. The van der Waals surface area contributed by atoms with Gasteiger partial charge in [-0.3, -0.25) is 14.8 Å². The van der Waals surface area contributed by atoms with Crippen LogP contribution in [0.25, 0.3) is 21.8 Å². The first kappa shape index (κ1) is 24.8. The molecule has 2 aliphatic heterocycles. The summed E-state index contributed by atoms with van der Waals surface area (Å²) in [6.07, 6.45) is 5.43. The molecule has 0 radical (unpaired) electrons. The molecule has 3 aromatic heterocycles. The zero-order valence-corrected chi connectivity index (χ0v) is 22.9. The van der Waals surface area contributed by atoms with E-state index in [0.29, 0.717) is 30.0 Å².